The lowest BCUT2D eigenvalue weighted by Crippen LogP contribution is -2.59. The van der Waals surface area contributed by atoms with Crippen LogP contribution in [0.4, 0.5) is 0 Å². The van der Waals surface area contributed by atoms with Gasteiger partial charge in [-0.15, -0.1) is 0 Å². The number of hydrogen-bond acceptors (Lipinski definition) is 3. The van der Waals surface area contributed by atoms with Crippen LogP contribution in [-0.4, -0.2) is 24.2 Å². The van der Waals surface area contributed by atoms with Crippen molar-refractivity contribution >= 4 is 11.6 Å². The van der Waals surface area contributed by atoms with Gasteiger partial charge in [-0.05, 0) is 18.6 Å². The molecule has 3 rings (SSSR count). The van der Waals surface area contributed by atoms with Crippen molar-refractivity contribution in [3.8, 4) is 5.88 Å². The van der Waals surface area contributed by atoms with Crippen LogP contribution in [0.1, 0.15) is 6.42 Å². The third kappa shape index (κ3) is 1.60. The minimum Gasteiger partial charge on any atom is -0.473 e. The summed E-state index contributed by atoms with van der Waals surface area (Å²) in [7, 11) is 0. The molecule has 2 aliphatic rings. The van der Waals surface area contributed by atoms with Crippen LogP contribution in [0.2, 0.25) is 5.02 Å². The number of rotatable bonds is 2. The molecule has 1 N–H and O–H groups in total. The van der Waals surface area contributed by atoms with E-state index in [1.165, 1.54) is 6.42 Å². The first kappa shape index (κ1) is 9.43. The maximum Gasteiger partial charge on any atom is 0.232 e. The van der Waals surface area contributed by atoms with Crippen LogP contribution in [0.3, 0.4) is 0 Å². The summed E-state index contributed by atoms with van der Waals surface area (Å²) in [5.74, 6) is 1.87. The SMILES string of the molecule is Clc1cccnc1OC1[C@@H]2CNC[C@H]1C2. The highest BCUT2D eigenvalue weighted by Gasteiger charge is 2.45. The van der Waals surface area contributed by atoms with Gasteiger partial charge in [0.25, 0.3) is 0 Å². The van der Waals surface area contributed by atoms with Crippen molar-refractivity contribution in [1.29, 1.82) is 0 Å². The van der Waals surface area contributed by atoms with E-state index in [2.05, 4.69) is 10.3 Å². The summed E-state index contributed by atoms with van der Waals surface area (Å²) in [6.45, 7) is 2.12. The van der Waals surface area contributed by atoms with Gasteiger partial charge in [0.05, 0.1) is 0 Å². The van der Waals surface area contributed by atoms with Gasteiger partial charge in [-0.1, -0.05) is 11.6 Å². The molecule has 2 fully saturated rings. The lowest BCUT2D eigenvalue weighted by Gasteiger charge is -2.48. The first-order valence-electron chi connectivity index (χ1n) is 5.32. The molecule has 0 amide bonds. The summed E-state index contributed by atoms with van der Waals surface area (Å²) in [6, 6.07) is 3.63. The monoisotopic (exact) mass is 224 g/mol. The molecule has 1 aliphatic heterocycles. The fourth-order valence-electron chi connectivity index (χ4n) is 2.48. The molecule has 4 heteroatoms. The summed E-state index contributed by atoms with van der Waals surface area (Å²) in [5, 5.41) is 3.99. The van der Waals surface area contributed by atoms with Crippen molar-refractivity contribution in [3.05, 3.63) is 23.4 Å². The Bertz CT molecular complexity index is 357. The molecular weight excluding hydrogens is 212 g/mol. The lowest BCUT2D eigenvalue weighted by atomic mass is 9.69. The Labute approximate surface area is 93.8 Å². The molecule has 80 valence electrons. The molecule has 1 unspecified atom stereocenters. The van der Waals surface area contributed by atoms with E-state index in [0.29, 0.717) is 28.8 Å². The Kier molecular flexibility index (Phi) is 2.29. The van der Waals surface area contributed by atoms with Gasteiger partial charge in [-0.3, -0.25) is 0 Å². The van der Waals surface area contributed by atoms with Crippen molar-refractivity contribution < 1.29 is 4.74 Å². The Morgan fingerprint density at radius 2 is 2.20 bits per heavy atom. The highest BCUT2D eigenvalue weighted by molar-refractivity contribution is 6.31. The number of ether oxygens (including phenoxy) is 1. The highest BCUT2D eigenvalue weighted by Crippen LogP contribution is 2.40. The largest absolute Gasteiger partial charge is 0.473 e. The second-order valence-corrected chi connectivity index (χ2v) is 4.69. The molecule has 1 aromatic rings. The van der Waals surface area contributed by atoms with Crippen LogP contribution in [0.15, 0.2) is 18.3 Å². The molecule has 3 nitrogen and oxygen atoms in total. The van der Waals surface area contributed by atoms with Gasteiger partial charge in [0.2, 0.25) is 5.88 Å². The number of halogens is 1. The number of hydrogen-bond donors (Lipinski definition) is 1. The molecular formula is C11H13ClN2O. The van der Waals surface area contributed by atoms with E-state index < -0.39 is 0 Å². The van der Waals surface area contributed by atoms with Crippen molar-refractivity contribution in [3.63, 3.8) is 0 Å². The van der Waals surface area contributed by atoms with Crippen LogP contribution in [0, 0.1) is 11.8 Å². The number of nitrogens with one attached hydrogen (secondary N) is 1. The molecule has 3 atom stereocenters. The summed E-state index contributed by atoms with van der Waals surface area (Å²) in [4.78, 5) is 4.15. The third-order valence-corrected chi connectivity index (χ3v) is 3.61. The van der Waals surface area contributed by atoms with E-state index in [1.54, 1.807) is 6.20 Å². The number of pyridine rings is 1. The maximum atomic E-state index is 6.00. The van der Waals surface area contributed by atoms with Gasteiger partial charge in [0, 0.05) is 31.1 Å². The van der Waals surface area contributed by atoms with Crippen LogP contribution in [-0.2, 0) is 0 Å². The molecule has 1 aliphatic carbocycles. The Balaban J connectivity index is 1.73. The zero-order valence-electron chi connectivity index (χ0n) is 8.32. The summed E-state index contributed by atoms with van der Waals surface area (Å²) < 4.78 is 5.87. The van der Waals surface area contributed by atoms with Crippen LogP contribution in [0.25, 0.3) is 0 Å². The Hall–Kier alpha value is -0.800. The first-order valence-corrected chi connectivity index (χ1v) is 5.70. The topological polar surface area (TPSA) is 34.1 Å². The second-order valence-electron chi connectivity index (χ2n) is 4.29. The summed E-state index contributed by atoms with van der Waals surface area (Å²) in [5.41, 5.74) is 0. The summed E-state index contributed by atoms with van der Waals surface area (Å²) >= 11 is 6.00. The van der Waals surface area contributed by atoms with E-state index in [-0.39, 0.29) is 0 Å². The molecule has 1 saturated carbocycles. The van der Waals surface area contributed by atoms with Gasteiger partial charge in [-0.2, -0.15) is 0 Å². The summed E-state index contributed by atoms with van der Waals surface area (Å²) in [6.07, 6.45) is 3.31. The standard InChI is InChI=1S/C11H13ClN2O/c12-9-2-1-3-14-11(9)15-10-7-4-8(10)6-13-5-7/h1-3,7-8,10,13H,4-6H2/t7-,8+,10?. The van der Waals surface area contributed by atoms with E-state index in [4.69, 9.17) is 16.3 Å². The number of nitrogens with zero attached hydrogens (tertiary/aromatic N) is 1. The van der Waals surface area contributed by atoms with E-state index in [0.717, 1.165) is 13.1 Å². The number of piperidine rings is 2. The van der Waals surface area contributed by atoms with Crippen molar-refractivity contribution in [1.82, 2.24) is 10.3 Å². The Morgan fingerprint density at radius 1 is 1.40 bits per heavy atom. The van der Waals surface area contributed by atoms with Crippen molar-refractivity contribution in [2.45, 2.75) is 12.5 Å². The van der Waals surface area contributed by atoms with Gasteiger partial charge in [0.15, 0.2) is 0 Å². The predicted molar refractivity (Wildman–Crippen MR) is 58.1 cm³/mol. The van der Waals surface area contributed by atoms with Gasteiger partial charge >= 0.3 is 0 Å². The van der Waals surface area contributed by atoms with Crippen molar-refractivity contribution in [2.75, 3.05) is 13.1 Å². The number of fused-ring (bicyclic) bond motifs is 2. The van der Waals surface area contributed by atoms with Gasteiger partial charge in [-0.25, -0.2) is 4.98 Å². The molecule has 0 radical (unpaired) electrons. The van der Waals surface area contributed by atoms with E-state index in [1.807, 2.05) is 12.1 Å². The average Bonchev–Trinajstić information content (AvgIpc) is 2.29. The first-order chi connectivity index (χ1) is 7.34. The smallest absolute Gasteiger partial charge is 0.232 e. The maximum absolute atomic E-state index is 6.00. The van der Waals surface area contributed by atoms with Crippen LogP contribution >= 0.6 is 11.6 Å². The van der Waals surface area contributed by atoms with E-state index in [9.17, 15) is 0 Å². The zero-order valence-corrected chi connectivity index (χ0v) is 9.07. The van der Waals surface area contributed by atoms with Crippen molar-refractivity contribution in [2.24, 2.45) is 11.8 Å². The molecule has 1 aromatic heterocycles. The van der Waals surface area contributed by atoms with E-state index >= 15 is 0 Å². The molecule has 15 heavy (non-hydrogen) atoms. The van der Waals surface area contributed by atoms with Gasteiger partial charge in [0.1, 0.15) is 11.1 Å². The quantitative estimate of drug-likeness (QED) is 0.831. The van der Waals surface area contributed by atoms with Crippen LogP contribution in [0.5, 0.6) is 5.88 Å². The minimum atomic E-state index is 0.318. The third-order valence-electron chi connectivity index (χ3n) is 3.32. The Morgan fingerprint density at radius 3 is 2.87 bits per heavy atom. The number of aromatic nitrogens is 1. The molecule has 2 heterocycles. The lowest BCUT2D eigenvalue weighted by molar-refractivity contribution is -0.0469. The fourth-order valence-corrected chi connectivity index (χ4v) is 2.64. The molecule has 0 spiro atoms. The predicted octanol–water partition coefficient (Wildman–Crippen LogP) is 1.72. The van der Waals surface area contributed by atoms with Crippen LogP contribution < -0.4 is 10.1 Å². The highest BCUT2D eigenvalue weighted by atomic mass is 35.5. The normalized spacial score (nSPS) is 33.3. The van der Waals surface area contributed by atoms with Gasteiger partial charge < -0.3 is 10.1 Å². The zero-order chi connectivity index (χ0) is 10.3. The fraction of sp³-hybridized carbons (Fsp3) is 0.545. The molecule has 2 bridgehead atoms. The minimum absolute atomic E-state index is 0.318. The average molecular weight is 225 g/mol. The second kappa shape index (κ2) is 3.65. The molecule has 0 aromatic carbocycles. The molecule has 1 saturated heterocycles.